The van der Waals surface area contributed by atoms with Crippen LogP contribution in [0.15, 0.2) is 23.2 Å². The number of halogens is 3. The van der Waals surface area contributed by atoms with Crippen LogP contribution in [-0.4, -0.2) is 31.7 Å². The number of aliphatic imine (C=N–C) groups is 1. The molecule has 6 nitrogen and oxygen atoms in total. The minimum atomic E-state index is -2.91. The van der Waals surface area contributed by atoms with Crippen LogP contribution < -0.4 is 20.1 Å². The summed E-state index contributed by atoms with van der Waals surface area (Å²) in [6.07, 6.45) is 0. The summed E-state index contributed by atoms with van der Waals surface area (Å²) in [6.45, 7) is 2.05. The summed E-state index contributed by atoms with van der Waals surface area (Å²) >= 11 is 1.64. The van der Waals surface area contributed by atoms with Gasteiger partial charge in [0, 0.05) is 18.5 Å². The average Bonchev–Trinajstić information content (AvgIpc) is 2.92. The Morgan fingerprint density at radius 2 is 1.93 bits per heavy atom. The van der Waals surface area contributed by atoms with Gasteiger partial charge in [-0.05, 0) is 31.5 Å². The van der Waals surface area contributed by atoms with Crippen LogP contribution in [0, 0.1) is 13.8 Å². The first kappa shape index (κ1) is 23.3. The molecule has 1 aromatic heterocycles. The molecular formula is C17H23F2IN4O2S. The predicted molar refractivity (Wildman–Crippen MR) is 114 cm³/mol. The van der Waals surface area contributed by atoms with Gasteiger partial charge in [-0.1, -0.05) is 6.07 Å². The number of guanidine groups is 1. The van der Waals surface area contributed by atoms with Crippen LogP contribution in [0.2, 0.25) is 0 Å². The van der Waals surface area contributed by atoms with E-state index in [1.165, 1.54) is 18.1 Å². The molecule has 2 rings (SSSR count). The van der Waals surface area contributed by atoms with Crippen molar-refractivity contribution in [2.75, 3.05) is 14.2 Å². The van der Waals surface area contributed by atoms with Crippen molar-refractivity contribution in [3.63, 3.8) is 0 Å². The summed E-state index contributed by atoms with van der Waals surface area (Å²) in [5.41, 5.74) is 1.78. The largest absolute Gasteiger partial charge is 0.493 e. The Labute approximate surface area is 178 Å². The molecule has 0 spiro atoms. The molecule has 1 heterocycles. The van der Waals surface area contributed by atoms with E-state index in [-0.39, 0.29) is 35.5 Å². The molecule has 2 N–H and O–H groups in total. The first-order valence-corrected chi connectivity index (χ1v) is 8.73. The van der Waals surface area contributed by atoms with E-state index in [2.05, 4.69) is 25.3 Å². The standard InChI is InChI=1S/C17H22F2N4O2S.HI/c1-10-11(2)26-15(23-10)9-22-17(20-3)21-8-12-5-6-13(24-4)14(7-12)25-16(18)19;/h5-7,16H,8-9H2,1-4H3,(H2,20,21,22);1H. The van der Waals surface area contributed by atoms with Crippen LogP contribution in [0.3, 0.4) is 0 Å². The first-order chi connectivity index (χ1) is 12.4. The molecule has 0 amide bonds. The van der Waals surface area contributed by atoms with Gasteiger partial charge in [0.2, 0.25) is 0 Å². The fourth-order valence-corrected chi connectivity index (χ4v) is 3.07. The van der Waals surface area contributed by atoms with Gasteiger partial charge >= 0.3 is 6.61 Å². The van der Waals surface area contributed by atoms with Crippen molar-refractivity contribution in [3.8, 4) is 11.5 Å². The molecular weight excluding hydrogens is 489 g/mol. The molecule has 0 radical (unpaired) electrons. The third kappa shape index (κ3) is 7.09. The van der Waals surface area contributed by atoms with Gasteiger partial charge in [-0.25, -0.2) is 4.98 Å². The van der Waals surface area contributed by atoms with Gasteiger partial charge < -0.3 is 20.1 Å². The summed E-state index contributed by atoms with van der Waals surface area (Å²) in [4.78, 5) is 9.80. The number of thiazole rings is 1. The van der Waals surface area contributed by atoms with E-state index in [1.807, 2.05) is 13.8 Å². The zero-order valence-electron chi connectivity index (χ0n) is 15.5. The lowest BCUT2D eigenvalue weighted by atomic mass is 10.2. The lowest BCUT2D eigenvalue weighted by Gasteiger charge is -2.14. The maximum absolute atomic E-state index is 12.5. The number of rotatable bonds is 7. The third-order valence-electron chi connectivity index (χ3n) is 3.61. The van der Waals surface area contributed by atoms with Crippen molar-refractivity contribution in [2.24, 2.45) is 4.99 Å². The minimum absolute atomic E-state index is 0. The second-order valence-electron chi connectivity index (χ2n) is 5.39. The highest BCUT2D eigenvalue weighted by atomic mass is 127. The van der Waals surface area contributed by atoms with Crippen LogP contribution in [0.1, 0.15) is 21.1 Å². The van der Waals surface area contributed by atoms with E-state index < -0.39 is 6.61 Å². The molecule has 0 aliphatic heterocycles. The van der Waals surface area contributed by atoms with Gasteiger partial charge in [-0.2, -0.15) is 8.78 Å². The quantitative estimate of drug-likeness (QED) is 0.335. The highest BCUT2D eigenvalue weighted by Gasteiger charge is 2.11. The van der Waals surface area contributed by atoms with Crippen LogP contribution in [0.5, 0.6) is 11.5 Å². The molecule has 10 heteroatoms. The van der Waals surface area contributed by atoms with Gasteiger partial charge in [-0.3, -0.25) is 4.99 Å². The van der Waals surface area contributed by atoms with E-state index in [0.29, 0.717) is 19.0 Å². The van der Waals surface area contributed by atoms with E-state index in [9.17, 15) is 8.78 Å². The van der Waals surface area contributed by atoms with E-state index in [0.717, 1.165) is 16.3 Å². The molecule has 2 aromatic rings. The van der Waals surface area contributed by atoms with Gasteiger partial charge in [0.15, 0.2) is 17.5 Å². The Kier molecular flexibility index (Phi) is 9.70. The van der Waals surface area contributed by atoms with Crippen molar-refractivity contribution < 1.29 is 18.3 Å². The Hall–Kier alpha value is -1.69. The summed E-state index contributed by atoms with van der Waals surface area (Å²) in [7, 11) is 3.06. The van der Waals surface area contributed by atoms with Gasteiger partial charge in [-0.15, -0.1) is 35.3 Å². The number of methoxy groups -OCH3 is 1. The summed E-state index contributed by atoms with van der Waals surface area (Å²) < 4.78 is 34.5. The van der Waals surface area contributed by atoms with Crippen LogP contribution in [-0.2, 0) is 13.1 Å². The zero-order valence-corrected chi connectivity index (χ0v) is 18.7. The van der Waals surface area contributed by atoms with E-state index in [1.54, 1.807) is 30.5 Å². The van der Waals surface area contributed by atoms with Crippen LogP contribution >= 0.6 is 35.3 Å². The SMILES string of the molecule is CN=C(NCc1ccc(OC)c(OC(F)F)c1)NCc1nc(C)c(C)s1.I. The Balaban J connectivity index is 0.00000364. The highest BCUT2D eigenvalue weighted by molar-refractivity contribution is 14.0. The number of hydrogen-bond acceptors (Lipinski definition) is 5. The van der Waals surface area contributed by atoms with Crippen molar-refractivity contribution >= 4 is 41.3 Å². The second kappa shape index (κ2) is 11.2. The van der Waals surface area contributed by atoms with E-state index >= 15 is 0 Å². The molecule has 27 heavy (non-hydrogen) atoms. The number of hydrogen-bond donors (Lipinski definition) is 2. The van der Waals surface area contributed by atoms with Crippen LogP contribution in [0.4, 0.5) is 8.78 Å². The Morgan fingerprint density at radius 3 is 2.48 bits per heavy atom. The number of aromatic nitrogens is 1. The maximum Gasteiger partial charge on any atom is 0.387 e. The molecule has 0 unspecified atom stereocenters. The third-order valence-corrected chi connectivity index (χ3v) is 4.68. The van der Waals surface area contributed by atoms with E-state index in [4.69, 9.17) is 4.74 Å². The number of nitrogens with one attached hydrogen (secondary N) is 2. The molecule has 0 aliphatic carbocycles. The summed E-state index contributed by atoms with van der Waals surface area (Å²) in [5.74, 6) is 0.840. The average molecular weight is 512 g/mol. The summed E-state index contributed by atoms with van der Waals surface area (Å²) in [5, 5.41) is 7.28. The Bertz CT molecular complexity index is 752. The predicted octanol–water partition coefficient (Wildman–Crippen LogP) is 3.85. The lowest BCUT2D eigenvalue weighted by Crippen LogP contribution is -2.36. The summed E-state index contributed by atoms with van der Waals surface area (Å²) in [6, 6.07) is 4.87. The van der Waals surface area contributed by atoms with Gasteiger partial charge in [0.25, 0.3) is 0 Å². The normalized spacial score (nSPS) is 11.1. The molecule has 0 atom stereocenters. The van der Waals surface area contributed by atoms with Crippen molar-refractivity contribution in [1.29, 1.82) is 0 Å². The fourth-order valence-electron chi connectivity index (χ4n) is 2.20. The molecule has 1 aromatic carbocycles. The molecule has 0 saturated heterocycles. The highest BCUT2D eigenvalue weighted by Crippen LogP contribution is 2.29. The van der Waals surface area contributed by atoms with Crippen LogP contribution in [0.25, 0.3) is 0 Å². The number of alkyl halides is 2. The topological polar surface area (TPSA) is 67.8 Å². The Morgan fingerprint density at radius 1 is 1.22 bits per heavy atom. The van der Waals surface area contributed by atoms with Crippen molar-refractivity contribution in [3.05, 3.63) is 39.3 Å². The first-order valence-electron chi connectivity index (χ1n) is 7.92. The molecule has 0 saturated carbocycles. The molecule has 0 aliphatic rings. The number of benzene rings is 1. The van der Waals surface area contributed by atoms with Gasteiger partial charge in [0.1, 0.15) is 5.01 Å². The van der Waals surface area contributed by atoms with Crippen molar-refractivity contribution in [1.82, 2.24) is 15.6 Å². The molecule has 0 bridgehead atoms. The second-order valence-corrected chi connectivity index (χ2v) is 6.68. The fraction of sp³-hybridized carbons (Fsp3) is 0.412. The number of aryl methyl sites for hydroxylation is 2. The number of nitrogens with zero attached hydrogens (tertiary/aromatic N) is 2. The molecule has 150 valence electrons. The van der Waals surface area contributed by atoms with Crippen molar-refractivity contribution in [2.45, 2.75) is 33.5 Å². The minimum Gasteiger partial charge on any atom is -0.493 e. The molecule has 0 fully saturated rings. The zero-order chi connectivity index (χ0) is 19.1. The lowest BCUT2D eigenvalue weighted by molar-refractivity contribution is -0.0512. The smallest absolute Gasteiger partial charge is 0.387 e. The maximum atomic E-state index is 12.5. The number of ether oxygens (including phenoxy) is 2. The monoisotopic (exact) mass is 512 g/mol. The van der Waals surface area contributed by atoms with Gasteiger partial charge in [0.05, 0.1) is 19.3 Å².